The molecule has 0 aromatic rings. The predicted octanol–water partition coefficient (Wildman–Crippen LogP) is -0.497. The van der Waals surface area contributed by atoms with Gasteiger partial charge in [0.15, 0.2) is 0 Å². The highest BCUT2D eigenvalue weighted by molar-refractivity contribution is 5.72. The van der Waals surface area contributed by atoms with Crippen molar-refractivity contribution in [2.45, 2.75) is 25.8 Å². The summed E-state index contributed by atoms with van der Waals surface area (Å²) in [6.07, 6.45) is 1.39. The van der Waals surface area contributed by atoms with Gasteiger partial charge in [0.1, 0.15) is 6.04 Å². The molecule has 0 heterocycles. The normalized spacial score (nSPS) is 9.62. The molecule has 16 heavy (non-hydrogen) atoms. The van der Waals surface area contributed by atoms with E-state index in [4.69, 9.17) is 41.5 Å². The number of aliphatic carboxylic acids is 1. The maximum absolute atomic E-state index is 9.96. The van der Waals surface area contributed by atoms with Gasteiger partial charge in [-0.1, -0.05) is 13.3 Å². The van der Waals surface area contributed by atoms with Gasteiger partial charge in [-0.25, -0.2) is 0 Å². The molecule has 0 fully saturated rings. The Labute approximate surface area is 89.3 Å². The predicted molar refractivity (Wildman–Crippen MR) is 48.1 cm³/mol. The van der Waals surface area contributed by atoms with Crippen molar-refractivity contribution in [3.63, 3.8) is 0 Å². The first kappa shape index (κ1) is 19.4. The second-order valence-electron chi connectivity index (χ2n) is 2.21. The van der Waals surface area contributed by atoms with Crippen LogP contribution in [0.25, 0.3) is 0 Å². The highest BCUT2D eigenvalue weighted by Gasteiger charge is 2.07. The molecule has 0 saturated heterocycles. The molecule has 0 aliphatic heterocycles. The second kappa shape index (κ2) is 12.8. The summed E-state index contributed by atoms with van der Waals surface area (Å²) in [5.74, 6) is -0.910. The number of carboxylic acids is 1. The molecule has 0 bridgehead atoms. The van der Waals surface area contributed by atoms with Gasteiger partial charge in [0.2, 0.25) is 0 Å². The number of rotatable bonds is 3. The van der Waals surface area contributed by atoms with Gasteiger partial charge in [-0.15, -0.1) is 20.2 Å². The summed E-state index contributed by atoms with van der Waals surface area (Å²) in [4.78, 5) is 26.7. The Balaban J connectivity index is -0.000000179. The summed E-state index contributed by atoms with van der Waals surface area (Å²) in [7, 11) is 0. The van der Waals surface area contributed by atoms with Gasteiger partial charge in [0.05, 0.1) is 0 Å². The van der Waals surface area contributed by atoms with Crippen LogP contribution in [0.2, 0.25) is 0 Å². The van der Waals surface area contributed by atoms with E-state index in [9.17, 15) is 4.79 Å². The van der Waals surface area contributed by atoms with E-state index in [1.165, 1.54) is 0 Å². The van der Waals surface area contributed by atoms with Gasteiger partial charge in [0, 0.05) is 0 Å². The monoisotopic (exact) mass is 243 g/mol. The van der Waals surface area contributed by atoms with Crippen LogP contribution in [0.5, 0.6) is 0 Å². The van der Waals surface area contributed by atoms with Crippen LogP contribution in [0.4, 0.5) is 0 Å². The van der Waals surface area contributed by atoms with Crippen LogP contribution in [0.1, 0.15) is 19.8 Å². The van der Waals surface area contributed by atoms with Crippen molar-refractivity contribution in [3.8, 4) is 0 Å². The van der Waals surface area contributed by atoms with Crippen LogP contribution in [-0.4, -0.2) is 37.7 Å². The van der Waals surface area contributed by atoms with Crippen LogP contribution >= 0.6 is 0 Å². The molecule has 0 aliphatic carbocycles. The van der Waals surface area contributed by atoms with Gasteiger partial charge in [-0.05, 0) is 6.42 Å². The Bertz CT molecular complexity index is 200. The fourth-order valence-corrected chi connectivity index (χ4v) is 0.434. The van der Waals surface area contributed by atoms with Crippen molar-refractivity contribution < 1.29 is 30.5 Å². The van der Waals surface area contributed by atoms with Gasteiger partial charge >= 0.3 is 5.97 Å². The van der Waals surface area contributed by atoms with Crippen LogP contribution in [0.15, 0.2) is 0 Å². The molecule has 0 amide bonds. The minimum absolute atomic E-state index is 0.565. The average molecular weight is 243 g/mol. The zero-order chi connectivity index (χ0) is 13.7. The number of hydrogen-bond acceptors (Lipinski definition) is 6. The SMILES string of the molecule is CCC[C@H](N)C(=O)O.O=[N+]([O-])O.O=[N+]([O-])O. The third-order valence-electron chi connectivity index (χ3n) is 0.917. The van der Waals surface area contributed by atoms with Crippen molar-refractivity contribution in [3.05, 3.63) is 20.2 Å². The molecule has 0 rings (SSSR count). The summed E-state index contributed by atoms with van der Waals surface area (Å²) in [6.45, 7) is 1.91. The highest BCUT2D eigenvalue weighted by Crippen LogP contribution is 1.91. The minimum Gasteiger partial charge on any atom is -0.480 e. The first-order valence-corrected chi connectivity index (χ1v) is 3.80. The van der Waals surface area contributed by atoms with E-state index in [1.807, 2.05) is 6.92 Å². The van der Waals surface area contributed by atoms with Crippen LogP contribution in [0, 0.1) is 20.2 Å². The zero-order valence-electron chi connectivity index (χ0n) is 8.35. The standard InChI is InChI=1S/C5H11NO2.2HNO3/c1-2-3-4(6)5(7)8;2*2-1(3)4/h4H,2-3,6H2,1H3,(H,7,8);2*(H,2,3,4)/t4-;;/m0../s1. The molecular formula is C5H13N3O8. The lowest BCUT2D eigenvalue weighted by Crippen LogP contribution is -2.29. The molecular weight excluding hydrogens is 230 g/mol. The van der Waals surface area contributed by atoms with Gasteiger partial charge in [-0.2, -0.15) is 0 Å². The summed E-state index contributed by atoms with van der Waals surface area (Å²) in [5, 5.41) is 35.5. The Hall–Kier alpha value is -2.17. The molecule has 0 radical (unpaired) electrons. The van der Waals surface area contributed by atoms with E-state index >= 15 is 0 Å². The van der Waals surface area contributed by atoms with Crippen molar-refractivity contribution in [2.24, 2.45) is 5.73 Å². The van der Waals surface area contributed by atoms with E-state index < -0.39 is 22.2 Å². The Morgan fingerprint density at radius 1 is 1.31 bits per heavy atom. The molecule has 0 aliphatic rings. The van der Waals surface area contributed by atoms with E-state index in [0.29, 0.717) is 6.42 Å². The maximum Gasteiger partial charge on any atom is 0.320 e. The molecule has 11 nitrogen and oxygen atoms in total. The Kier molecular flexibility index (Phi) is 15.6. The molecule has 0 unspecified atom stereocenters. The van der Waals surface area contributed by atoms with Gasteiger partial charge < -0.3 is 21.3 Å². The highest BCUT2D eigenvalue weighted by atomic mass is 16.9. The lowest BCUT2D eigenvalue weighted by Gasteiger charge is -2.00. The fraction of sp³-hybridized carbons (Fsp3) is 0.800. The molecule has 0 aromatic heterocycles. The van der Waals surface area contributed by atoms with Gasteiger partial charge in [-0.3, -0.25) is 4.79 Å². The molecule has 5 N–H and O–H groups in total. The third-order valence-corrected chi connectivity index (χ3v) is 0.917. The van der Waals surface area contributed by atoms with Crippen molar-refractivity contribution in [1.29, 1.82) is 0 Å². The molecule has 11 heteroatoms. The minimum atomic E-state index is -1.50. The van der Waals surface area contributed by atoms with E-state index in [1.54, 1.807) is 0 Å². The summed E-state index contributed by atoms with van der Waals surface area (Å²) < 4.78 is 0. The van der Waals surface area contributed by atoms with Crippen LogP contribution in [-0.2, 0) is 4.79 Å². The smallest absolute Gasteiger partial charge is 0.320 e. The average Bonchev–Trinajstić information content (AvgIpc) is 2.02. The first-order valence-electron chi connectivity index (χ1n) is 3.80. The van der Waals surface area contributed by atoms with Crippen LogP contribution in [0.3, 0.4) is 0 Å². The number of hydrogen-bond donors (Lipinski definition) is 4. The van der Waals surface area contributed by atoms with E-state index in [-0.39, 0.29) is 0 Å². The lowest BCUT2D eigenvalue weighted by atomic mass is 10.2. The van der Waals surface area contributed by atoms with E-state index in [2.05, 4.69) is 0 Å². The summed E-state index contributed by atoms with van der Waals surface area (Å²) in [6, 6.07) is -0.667. The number of carbonyl (C=O) groups is 1. The third kappa shape index (κ3) is 59.5. The molecule has 0 aromatic carbocycles. The van der Waals surface area contributed by atoms with E-state index in [0.717, 1.165) is 6.42 Å². The summed E-state index contributed by atoms with van der Waals surface area (Å²) in [5.41, 5.74) is 5.13. The number of carboxylic acid groups (broad SMARTS) is 1. The topological polar surface area (TPSA) is 190 Å². The molecule has 96 valence electrons. The number of nitrogens with zero attached hydrogens (tertiary/aromatic N) is 2. The maximum atomic E-state index is 9.96. The Morgan fingerprint density at radius 3 is 1.62 bits per heavy atom. The van der Waals surface area contributed by atoms with Crippen molar-refractivity contribution in [2.75, 3.05) is 0 Å². The molecule has 0 saturated carbocycles. The van der Waals surface area contributed by atoms with Crippen molar-refractivity contribution in [1.82, 2.24) is 0 Å². The van der Waals surface area contributed by atoms with Crippen LogP contribution < -0.4 is 5.73 Å². The first-order chi connectivity index (χ1) is 7.14. The van der Waals surface area contributed by atoms with Crippen molar-refractivity contribution >= 4 is 5.97 Å². The Morgan fingerprint density at radius 2 is 1.56 bits per heavy atom. The fourth-order valence-electron chi connectivity index (χ4n) is 0.434. The second-order valence-corrected chi connectivity index (χ2v) is 2.21. The quantitative estimate of drug-likeness (QED) is 0.373. The zero-order valence-corrected chi connectivity index (χ0v) is 8.35. The molecule has 1 atom stereocenters. The largest absolute Gasteiger partial charge is 0.480 e. The summed E-state index contributed by atoms with van der Waals surface area (Å²) >= 11 is 0. The van der Waals surface area contributed by atoms with Gasteiger partial charge in [0.25, 0.3) is 10.2 Å². The lowest BCUT2D eigenvalue weighted by molar-refractivity contribution is -0.742. The molecule has 0 spiro atoms. The number of nitrogens with two attached hydrogens (primary N) is 1.